The van der Waals surface area contributed by atoms with Crippen LogP contribution in [0, 0.1) is 0 Å². The van der Waals surface area contributed by atoms with E-state index in [-0.39, 0.29) is 11.8 Å². The van der Waals surface area contributed by atoms with E-state index in [1.54, 1.807) is 18.2 Å². The molecule has 1 aromatic rings. The normalized spacial score (nSPS) is 9.81. The minimum Gasteiger partial charge on any atom is -0.427 e. The van der Waals surface area contributed by atoms with E-state index in [9.17, 15) is 14.4 Å². The first-order valence-corrected chi connectivity index (χ1v) is 6.86. The molecule has 0 atom stereocenters. The number of hydrogen-bond acceptors (Lipinski definition) is 4. The second-order valence-corrected chi connectivity index (χ2v) is 4.48. The highest BCUT2D eigenvalue weighted by Gasteiger charge is 2.07. The van der Waals surface area contributed by atoms with Crippen LogP contribution in [0.15, 0.2) is 24.3 Å². The first-order valence-electron chi connectivity index (χ1n) is 6.86. The van der Waals surface area contributed by atoms with Crippen molar-refractivity contribution >= 4 is 17.8 Å². The zero-order valence-corrected chi connectivity index (χ0v) is 12.3. The smallest absolute Gasteiger partial charge is 0.308 e. The predicted octanol–water partition coefficient (Wildman–Crippen LogP) is 1.26. The second kappa shape index (κ2) is 8.73. The van der Waals surface area contributed by atoms with Crippen molar-refractivity contribution < 1.29 is 19.1 Å². The Hall–Kier alpha value is -2.37. The molecule has 6 heteroatoms. The van der Waals surface area contributed by atoms with Crippen molar-refractivity contribution in [1.29, 1.82) is 0 Å². The van der Waals surface area contributed by atoms with Gasteiger partial charge in [0.05, 0.1) is 0 Å². The Morgan fingerprint density at radius 2 is 1.86 bits per heavy atom. The molecule has 2 amide bonds. The van der Waals surface area contributed by atoms with Crippen LogP contribution in [0.4, 0.5) is 0 Å². The zero-order chi connectivity index (χ0) is 15.7. The maximum Gasteiger partial charge on any atom is 0.308 e. The maximum absolute atomic E-state index is 11.9. The number of esters is 1. The van der Waals surface area contributed by atoms with Gasteiger partial charge in [0, 0.05) is 32.0 Å². The van der Waals surface area contributed by atoms with E-state index in [0.717, 1.165) is 6.42 Å². The summed E-state index contributed by atoms with van der Waals surface area (Å²) in [5.41, 5.74) is 0.397. The average molecular weight is 292 g/mol. The van der Waals surface area contributed by atoms with E-state index < -0.39 is 5.97 Å². The molecule has 0 unspecified atom stereocenters. The molecule has 0 aromatic heterocycles. The van der Waals surface area contributed by atoms with Gasteiger partial charge in [-0.2, -0.15) is 0 Å². The second-order valence-electron chi connectivity index (χ2n) is 4.48. The molecule has 0 fully saturated rings. The molecule has 0 saturated carbocycles. The first-order chi connectivity index (χ1) is 10.0. The molecule has 0 aliphatic rings. The van der Waals surface area contributed by atoms with Crippen molar-refractivity contribution in [2.75, 3.05) is 13.1 Å². The molecular formula is C15H20N2O4. The fourth-order valence-electron chi connectivity index (χ4n) is 1.66. The molecule has 6 nitrogen and oxygen atoms in total. The number of rotatable bonds is 7. The fourth-order valence-corrected chi connectivity index (χ4v) is 1.66. The van der Waals surface area contributed by atoms with Crippen molar-refractivity contribution in [1.82, 2.24) is 10.6 Å². The van der Waals surface area contributed by atoms with Crippen LogP contribution >= 0.6 is 0 Å². The summed E-state index contributed by atoms with van der Waals surface area (Å²) in [6.45, 7) is 3.95. The van der Waals surface area contributed by atoms with Crippen molar-refractivity contribution in [2.24, 2.45) is 0 Å². The molecule has 0 heterocycles. The lowest BCUT2D eigenvalue weighted by molar-refractivity contribution is -0.131. The van der Waals surface area contributed by atoms with Gasteiger partial charge in [0.25, 0.3) is 5.91 Å². The first kappa shape index (κ1) is 16.7. The van der Waals surface area contributed by atoms with Gasteiger partial charge in [-0.25, -0.2) is 0 Å². The summed E-state index contributed by atoms with van der Waals surface area (Å²) in [6, 6.07) is 6.35. The Kier molecular flexibility index (Phi) is 6.94. The standard InChI is InChI=1S/C15H20N2O4/c1-3-5-14(19)16-8-9-17-15(20)12-6-4-7-13(10-12)21-11(2)18/h4,6-7,10H,3,5,8-9H2,1-2H3,(H,16,19)(H,17,20). The lowest BCUT2D eigenvalue weighted by atomic mass is 10.2. The average Bonchev–Trinajstić information content (AvgIpc) is 2.43. The number of ether oxygens (including phenoxy) is 1. The molecule has 0 aliphatic carbocycles. The molecule has 1 aromatic carbocycles. The lowest BCUT2D eigenvalue weighted by Gasteiger charge is -2.08. The fraction of sp³-hybridized carbons (Fsp3) is 0.400. The highest BCUT2D eigenvalue weighted by Crippen LogP contribution is 2.13. The zero-order valence-electron chi connectivity index (χ0n) is 12.3. The van der Waals surface area contributed by atoms with Crippen molar-refractivity contribution in [3.63, 3.8) is 0 Å². The maximum atomic E-state index is 11.9. The number of benzene rings is 1. The van der Waals surface area contributed by atoms with Crippen LogP contribution < -0.4 is 15.4 Å². The Morgan fingerprint density at radius 1 is 1.14 bits per heavy atom. The predicted molar refractivity (Wildman–Crippen MR) is 78.0 cm³/mol. The lowest BCUT2D eigenvalue weighted by Crippen LogP contribution is -2.34. The van der Waals surface area contributed by atoms with Gasteiger partial charge in [-0.1, -0.05) is 13.0 Å². The van der Waals surface area contributed by atoms with Gasteiger partial charge in [-0.3, -0.25) is 14.4 Å². The Balaban J connectivity index is 2.41. The van der Waals surface area contributed by atoms with E-state index >= 15 is 0 Å². The number of amides is 2. The van der Waals surface area contributed by atoms with E-state index in [4.69, 9.17) is 4.74 Å². The van der Waals surface area contributed by atoms with Crippen molar-refractivity contribution in [2.45, 2.75) is 26.7 Å². The van der Waals surface area contributed by atoms with Crippen LogP contribution in [-0.4, -0.2) is 30.9 Å². The van der Waals surface area contributed by atoms with Crippen LogP contribution in [0.5, 0.6) is 5.75 Å². The molecule has 114 valence electrons. The number of hydrogen-bond donors (Lipinski definition) is 2. The highest BCUT2D eigenvalue weighted by atomic mass is 16.5. The minimum atomic E-state index is -0.439. The SMILES string of the molecule is CCCC(=O)NCCNC(=O)c1cccc(OC(C)=O)c1. The van der Waals surface area contributed by atoms with Gasteiger partial charge < -0.3 is 15.4 Å². The van der Waals surface area contributed by atoms with E-state index in [1.807, 2.05) is 6.92 Å². The molecule has 0 radical (unpaired) electrons. The van der Waals surface area contributed by atoms with E-state index in [0.29, 0.717) is 30.8 Å². The van der Waals surface area contributed by atoms with Crippen LogP contribution in [0.2, 0.25) is 0 Å². The summed E-state index contributed by atoms with van der Waals surface area (Å²) in [4.78, 5) is 34.0. The third-order valence-electron chi connectivity index (χ3n) is 2.57. The van der Waals surface area contributed by atoms with Crippen molar-refractivity contribution in [3.8, 4) is 5.75 Å². The summed E-state index contributed by atoms with van der Waals surface area (Å²) in [5.74, 6) is -0.421. The van der Waals surface area contributed by atoms with Gasteiger partial charge in [-0.15, -0.1) is 0 Å². The Morgan fingerprint density at radius 3 is 2.52 bits per heavy atom. The minimum absolute atomic E-state index is 0.0244. The monoisotopic (exact) mass is 292 g/mol. The molecule has 0 saturated heterocycles. The molecule has 0 spiro atoms. The molecule has 21 heavy (non-hydrogen) atoms. The summed E-state index contributed by atoms with van der Waals surface area (Å²) >= 11 is 0. The Labute approximate surface area is 123 Å². The van der Waals surface area contributed by atoms with E-state index in [1.165, 1.54) is 13.0 Å². The van der Waals surface area contributed by atoms with Crippen LogP contribution in [0.25, 0.3) is 0 Å². The van der Waals surface area contributed by atoms with Gasteiger partial charge in [0.15, 0.2) is 0 Å². The largest absolute Gasteiger partial charge is 0.427 e. The summed E-state index contributed by atoms with van der Waals surface area (Å²) < 4.78 is 4.91. The van der Waals surface area contributed by atoms with Gasteiger partial charge in [0.1, 0.15) is 5.75 Å². The molecule has 0 aliphatic heterocycles. The Bertz CT molecular complexity index is 514. The molecule has 2 N–H and O–H groups in total. The van der Waals surface area contributed by atoms with Gasteiger partial charge >= 0.3 is 5.97 Å². The summed E-state index contributed by atoms with van der Waals surface area (Å²) in [6.07, 6.45) is 1.28. The quantitative estimate of drug-likeness (QED) is 0.450. The summed E-state index contributed by atoms with van der Waals surface area (Å²) in [7, 11) is 0. The topological polar surface area (TPSA) is 84.5 Å². The highest BCUT2D eigenvalue weighted by molar-refractivity contribution is 5.94. The number of carbonyl (C=O) groups is 3. The van der Waals surface area contributed by atoms with Gasteiger partial charge in [0.2, 0.25) is 5.91 Å². The third kappa shape index (κ3) is 6.56. The third-order valence-corrected chi connectivity index (χ3v) is 2.57. The molecule has 1 rings (SSSR count). The molecule has 0 bridgehead atoms. The summed E-state index contributed by atoms with van der Waals surface area (Å²) in [5, 5.41) is 5.39. The van der Waals surface area contributed by atoms with Crippen LogP contribution in [0.1, 0.15) is 37.0 Å². The number of nitrogens with one attached hydrogen (secondary N) is 2. The van der Waals surface area contributed by atoms with Crippen LogP contribution in [0.3, 0.4) is 0 Å². The van der Waals surface area contributed by atoms with E-state index in [2.05, 4.69) is 10.6 Å². The van der Waals surface area contributed by atoms with Gasteiger partial charge in [-0.05, 0) is 24.6 Å². The van der Waals surface area contributed by atoms with Crippen LogP contribution in [-0.2, 0) is 9.59 Å². The van der Waals surface area contributed by atoms with Crippen molar-refractivity contribution in [3.05, 3.63) is 29.8 Å². The molecular weight excluding hydrogens is 272 g/mol. The number of carbonyl (C=O) groups excluding carboxylic acids is 3.